The van der Waals surface area contributed by atoms with Gasteiger partial charge in [0.2, 0.25) is 0 Å². The summed E-state index contributed by atoms with van der Waals surface area (Å²) in [6.45, 7) is 4.90. The molecule has 0 aliphatic rings. The first-order chi connectivity index (χ1) is 7.47. The van der Waals surface area contributed by atoms with Gasteiger partial charge in [-0.25, -0.2) is 0 Å². The van der Waals surface area contributed by atoms with Crippen LogP contribution in [0.2, 0.25) is 5.02 Å². The minimum absolute atomic E-state index is 0.0209. The van der Waals surface area contributed by atoms with Gasteiger partial charge in [0, 0.05) is 12.6 Å². The molecule has 1 aromatic rings. The molecule has 92 valence electrons. The molecular formula is C10H20ClN5. The second-order valence-electron chi connectivity index (χ2n) is 4.40. The van der Waals surface area contributed by atoms with Crippen LogP contribution in [0.25, 0.3) is 0 Å². The largest absolute Gasteiger partial charge is 0.307 e. The van der Waals surface area contributed by atoms with E-state index in [2.05, 4.69) is 29.3 Å². The average molecular weight is 246 g/mol. The van der Waals surface area contributed by atoms with Crippen molar-refractivity contribution in [3.05, 3.63) is 16.9 Å². The van der Waals surface area contributed by atoms with Gasteiger partial charge in [0.05, 0.1) is 23.0 Å². The Morgan fingerprint density at radius 3 is 2.62 bits per heavy atom. The quantitative estimate of drug-likeness (QED) is 0.604. The number of halogens is 1. The average Bonchev–Trinajstić information content (AvgIpc) is 2.56. The van der Waals surface area contributed by atoms with Crippen molar-refractivity contribution >= 4 is 11.6 Å². The number of hydrazine groups is 1. The summed E-state index contributed by atoms with van der Waals surface area (Å²) in [4.78, 5) is 2.05. The highest BCUT2D eigenvalue weighted by Gasteiger charge is 2.21. The Balaban J connectivity index is 3.03. The van der Waals surface area contributed by atoms with Crippen LogP contribution in [0.15, 0.2) is 6.20 Å². The number of nitrogens with two attached hydrogens (primary N) is 1. The highest BCUT2D eigenvalue weighted by atomic mass is 35.5. The number of aromatic nitrogens is 2. The van der Waals surface area contributed by atoms with Gasteiger partial charge in [-0.2, -0.15) is 5.10 Å². The Kier molecular flexibility index (Phi) is 4.73. The maximum absolute atomic E-state index is 6.15. The monoisotopic (exact) mass is 245 g/mol. The lowest BCUT2D eigenvalue weighted by Crippen LogP contribution is -2.37. The number of hydrogen-bond donors (Lipinski definition) is 2. The molecule has 16 heavy (non-hydrogen) atoms. The van der Waals surface area contributed by atoms with Crippen LogP contribution < -0.4 is 11.3 Å². The standard InChI is InChI=1S/C10H20ClN5/c1-7(2)16-10(8(11)5-13-16)9(14-12)6-15(3)4/h5,7,9,14H,6,12H2,1-4H3. The summed E-state index contributed by atoms with van der Waals surface area (Å²) in [5.74, 6) is 5.57. The Bertz CT molecular complexity index is 334. The van der Waals surface area contributed by atoms with Crippen molar-refractivity contribution in [2.45, 2.75) is 25.9 Å². The van der Waals surface area contributed by atoms with Gasteiger partial charge in [-0.3, -0.25) is 16.0 Å². The highest BCUT2D eigenvalue weighted by molar-refractivity contribution is 6.31. The lowest BCUT2D eigenvalue weighted by molar-refractivity contribution is 0.327. The molecule has 0 saturated heterocycles. The van der Waals surface area contributed by atoms with Crippen molar-refractivity contribution in [3.8, 4) is 0 Å². The zero-order valence-electron chi connectivity index (χ0n) is 10.2. The van der Waals surface area contributed by atoms with Gasteiger partial charge in [0.1, 0.15) is 0 Å². The molecule has 0 radical (unpaired) electrons. The predicted molar refractivity (Wildman–Crippen MR) is 66.2 cm³/mol. The van der Waals surface area contributed by atoms with Crippen LogP contribution in [0, 0.1) is 0 Å². The molecular weight excluding hydrogens is 226 g/mol. The van der Waals surface area contributed by atoms with Crippen molar-refractivity contribution in [3.63, 3.8) is 0 Å². The molecule has 0 aromatic carbocycles. The lowest BCUT2D eigenvalue weighted by atomic mass is 10.2. The van der Waals surface area contributed by atoms with E-state index in [-0.39, 0.29) is 12.1 Å². The van der Waals surface area contributed by atoms with E-state index in [0.717, 1.165) is 12.2 Å². The van der Waals surface area contributed by atoms with E-state index in [9.17, 15) is 0 Å². The lowest BCUT2D eigenvalue weighted by Gasteiger charge is -2.23. The molecule has 1 aromatic heterocycles. The molecule has 1 heterocycles. The van der Waals surface area contributed by atoms with Gasteiger partial charge in [-0.15, -0.1) is 0 Å². The molecule has 0 saturated carbocycles. The van der Waals surface area contributed by atoms with Crippen LogP contribution in [0.3, 0.4) is 0 Å². The smallest absolute Gasteiger partial charge is 0.0835 e. The van der Waals surface area contributed by atoms with Gasteiger partial charge < -0.3 is 4.90 Å². The fourth-order valence-corrected chi connectivity index (χ4v) is 1.93. The molecule has 5 nitrogen and oxygen atoms in total. The zero-order valence-corrected chi connectivity index (χ0v) is 11.0. The van der Waals surface area contributed by atoms with Gasteiger partial charge in [0.25, 0.3) is 0 Å². The Morgan fingerprint density at radius 1 is 1.56 bits per heavy atom. The molecule has 3 N–H and O–H groups in total. The summed E-state index contributed by atoms with van der Waals surface area (Å²) < 4.78 is 1.90. The summed E-state index contributed by atoms with van der Waals surface area (Å²) >= 11 is 6.15. The first-order valence-electron chi connectivity index (χ1n) is 5.31. The number of nitrogens with zero attached hydrogens (tertiary/aromatic N) is 3. The fraction of sp³-hybridized carbons (Fsp3) is 0.700. The molecule has 1 atom stereocenters. The van der Waals surface area contributed by atoms with Crippen molar-refractivity contribution < 1.29 is 0 Å². The van der Waals surface area contributed by atoms with Crippen LogP contribution in [0.5, 0.6) is 0 Å². The van der Waals surface area contributed by atoms with Crippen molar-refractivity contribution in [1.29, 1.82) is 0 Å². The summed E-state index contributed by atoms with van der Waals surface area (Å²) in [6.07, 6.45) is 1.66. The van der Waals surface area contributed by atoms with Crippen LogP contribution in [0.1, 0.15) is 31.6 Å². The normalized spacial score (nSPS) is 13.8. The predicted octanol–water partition coefficient (Wildman–Crippen LogP) is 1.18. The molecule has 1 rings (SSSR count). The molecule has 6 heteroatoms. The van der Waals surface area contributed by atoms with Crippen LogP contribution in [-0.2, 0) is 0 Å². The molecule has 0 aliphatic carbocycles. The van der Waals surface area contributed by atoms with Crippen molar-refractivity contribution in [2.24, 2.45) is 5.84 Å². The third kappa shape index (κ3) is 2.95. The minimum Gasteiger partial charge on any atom is -0.307 e. The van der Waals surface area contributed by atoms with Crippen molar-refractivity contribution in [2.75, 3.05) is 20.6 Å². The van der Waals surface area contributed by atoms with E-state index in [4.69, 9.17) is 17.4 Å². The number of hydrogen-bond acceptors (Lipinski definition) is 4. The second kappa shape index (κ2) is 5.63. The van der Waals surface area contributed by atoms with Gasteiger partial charge >= 0.3 is 0 Å². The topological polar surface area (TPSA) is 59.1 Å². The third-order valence-corrected chi connectivity index (χ3v) is 2.65. The molecule has 0 aliphatic heterocycles. The van der Waals surface area contributed by atoms with Crippen LogP contribution >= 0.6 is 11.6 Å². The number of rotatable bonds is 5. The second-order valence-corrected chi connectivity index (χ2v) is 4.80. The summed E-state index contributed by atoms with van der Waals surface area (Å²) in [7, 11) is 3.99. The zero-order chi connectivity index (χ0) is 12.3. The van der Waals surface area contributed by atoms with Gasteiger partial charge in [-0.05, 0) is 27.9 Å². The van der Waals surface area contributed by atoms with E-state index in [0.29, 0.717) is 5.02 Å². The van der Waals surface area contributed by atoms with Crippen LogP contribution in [0.4, 0.5) is 0 Å². The van der Waals surface area contributed by atoms with E-state index >= 15 is 0 Å². The maximum atomic E-state index is 6.15. The third-order valence-electron chi connectivity index (χ3n) is 2.36. The van der Waals surface area contributed by atoms with E-state index in [1.54, 1.807) is 6.20 Å². The summed E-state index contributed by atoms with van der Waals surface area (Å²) in [5, 5.41) is 4.91. The number of likely N-dealkylation sites (N-methyl/N-ethyl adjacent to an activating group) is 1. The molecule has 0 spiro atoms. The van der Waals surface area contributed by atoms with Gasteiger partial charge in [0.15, 0.2) is 0 Å². The summed E-state index contributed by atoms with van der Waals surface area (Å²) in [5.41, 5.74) is 3.72. The molecule has 0 fully saturated rings. The SMILES string of the molecule is CC(C)n1ncc(Cl)c1C(CN(C)C)NN. The Morgan fingerprint density at radius 2 is 2.19 bits per heavy atom. The van der Waals surface area contributed by atoms with E-state index in [1.807, 2.05) is 18.8 Å². The highest BCUT2D eigenvalue weighted by Crippen LogP contribution is 2.25. The minimum atomic E-state index is -0.0209. The van der Waals surface area contributed by atoms with Crippen LogP contribution in [-0.4, -0.2) is 35.3 Å². The maximum Gasteiger partial charge on any atom is 0.0835 e. The summed E-state index contributed by atoms with van der Waals surface area (Å²) in [6, 6.07) is 0.243. The van der Waals surface area contributed by atoms with Crippen molar-refractivity contribution in [1.82, 2.24) is 20.1 Å². The fourth-order valence-electron chi connectivity index (χ4n) is 1.67. The van der Waals surface area contributed by atoms with Gasteiger partial charge in [-0.1, -0.05) is 11.6 Å². The molecule has 1 unspecified atom stereocenters. The number of nitrogens with one attached hydrogen (secondary N) is 1. The van der Waals surface area contributed by atoms with E-state index in [1.165, 1.54) is 0 Å². The molecule has 0 bridgehead atoms. The van der Waals surface area contributed by atoms with E-state index < -0.39 is 0 Å². The first-order valence-corrected chi connectivity index (χ1v) is 5.69. The molecule has 0 amide bonds. The Labute approximate surface area is 102 Å². The first kappa shape index (κ1) is 13.4. The Hall–Kier alpha value is -0.620.